The highest BCUT2D eigenvalue weighted by molar-refractivity contribution is 5.97. The first-order valence-corrected chi connectivity index (χ1v) is 19.8. The zero-order valence-corrected chi connectivity index (χ0v) is 32.7. The first-order valence-electron chi connectivity index (χ1n) is 19.8. The monoisotopic (exact) mass is 769 g/mol. The van der Waals surface area contributed by atoms with Crippen LogP contribution in [0.15, 0.2) is 85.2 Å². The van der Waals surface area contributed by atoms with E-state index < -0.39 is 17.9 Å². The minimum atomic E-state index is -0.701. The molecule has 1 aromatic heterocycles. The second kappa shape index (κ2) is 24.8. The molecule has 0 radical (unpaired) electrons. The molecule has 0 aliphatic heterocycles. The summed E-state index contributed by atoms with van der Waals surface area (Å²) in [5.74, 6) is -0.836. The summed E-state index contributed by atoms with van der Waals surface area (Å²) in [6.45, 7) is 5.95. The summed E-state index contributed by atoms with van der Waals surface area (Å²) in [5, 5.41) is 0. The Kier molecular flexibility index (Phi) is 19.1. The second-order valence-electron chi connectivity index (χ2n) is 13.5. The van der Waals surface area contributed by atoms with Gasteiger partial charge in [0.05, 0.1) is 44.0 Å². The van der Waals surface area contributed by atoms with Crippen LogP contribution in [-0.2, 0) is 20.7 Å². The molecule has 4 rings (SSSR count). The van der Waals surface area contributed by atoms with Gasteiger partial charge in [0.2, 0.25) is 0 Å². The van der Waals surface area contributed by atoms with Gasteiger partial charge >= 0.3 is 23.9 Å². The van der Waals surface area contributed by atoms with Crippen LogP contribution in [0.1, 0.15) is 128 Å². The molecule has 1 heterocycles. The van der Waals surface area contributed by atoms with Gasteiger partial charge in [0.1, 0.15) is 28.6 Å². The van der Waals surface area contributed by atoms with E-state index in [4.69, 9.17) is 28.4 Å². The molecule has 0 saturated carbocycles. The van der Waals surface area contributed by atoms with Crippen molar-refractivity contribution in [3.8, 4) is 23.0 Å². The molecule has 0 unspecified atom stereocenters. The third-order valence-corrected chi connectivity index (χ3v) is 8.84. The van der Waals surface area contributed by atoms with E-state index in [-0.39, 0.29) is 41.6 Å². The smallest absolute Gasteiger partial charge is 0.343 e. The van der Waals surface area contributed by atoms with Gasteiger partial charge in [0, 0.05) is 12.4 Å². The van der Waals surface area contributed by atoms with Gasteiger partial charge in [0.15, 0.2) is 0 Å². The molecule has 0 aliphatic carbocycles. The molecule has 1 N–H and O–H groups in total. The maximum atomic E-state index is 13.4. The molecule has 3 aromatic carbocycles. The van der Waals surface area contributed by atoms with Crippen molar-refractivity contribution < 1.29 is 47.6 Å². The predicted octanol–water partition coefficient (Wildman–Crippen LogP) is 9.87. The Hall–Kier alpha value is -5.58. The molecule has 0 spiro atoms. The lowest BCUT2D eigenvalue weighted by atomic mass is 10.1. The summed E-state index contributed by atoms with van der Waals surface area (Å²) in [7, 11) is 0. The quantitative estimate of drug-likeness (QED) is 0.0373. The lowest BCUT2D eigenvalue weighted by Gasteiger charge is -2.13. The molecule has 0 bridgehead atoms. The van der Waals surface area contributed by atoms with Gasteiger partial charge in [-0.2, -0.15) is 0 Å². The van der Waals surface area contributed by atoms with Crippen LogP contribution in [0, 0.1) is 0 Å². The fourth-order valence-electron chi connectivity index (χ4n) is 5.57. The number of benzene rings is 3. The van der Waals surface area contributed by atoms with E-state index in [2.05, 4.69) is 18.8 Å². The van der Waals surface area contributed by atoms with Crippen LogP contribution in [0.4, 0.5) is 0 Å². The lowest BCUT2D eigenvalue weighted by molar-refractivity contribution is -0.142. The molecule has 0 fully saturated rings. The maximum absolute atomic E-state index is 13.4. The van der Waals surface area contributed by atoms with Crippen LogP contribution in [0.2, 0.25) is 0 Å². The zero-order chi connectivity index (χ0) is 39.8. The van der Waals surface area contributed by atoms with Gasteiger partial charge in [-0.1, -0.05) is 65.2 Å². The number of unbranched alkanes of at least 4 members (excludes halogenated alkanes) is 9. The van der Waals surface area contributed by atoms with E-state index in [1.54, 1.807) is 60.9 Å². The number of carbonyl (C=O) groups is 4. The standard InChI is InChI=1S/C45H55NO10/c1-3-5-27-51-37-19-15-35(16-20-37)43(48)55-39-23-24-41(56-44(49)36-17-21-38(22-18-36)52-28-6-4-2)40(32-39)45(50)54-30-14-12-10-8-7-9-11-13-29-53-42(47)31-34-25-26-46-33-34/h15-26,32-33,46H,3-14,27-31H2,1-2H3. The summed E-state index contributed by atoms with van der Waals surface area (Å²) in [6, 6.07) is 19.3. The number of H-pyrrole nitrogens is 1. The van der Waals surface area contributed by atoms with Crippen LogP contribution >= 0.6 is 0 Å². The molecular formula is C45H55NO10. The molecule has 300 valence electrons. The van der Waals surface area contributed by atoms with Gasteiger partial charge < -0.3 is 33.4 Å². The van der Waals surface area contributed by atoms with Crippen LogP contribution in [-0.4, -0.2) is 55.3 Å². The van der Waals surface area contributed by atoms with Crippen molar-refractivity contribution in [1.29, 1.82) is 0 Å². The van der Waals surface area contributed by atoms with Gasteiger partial charge in [-0.15, -0.1) is 0 Å². The molecule has 0 amide bonds. The summed E-state index contributed by atoms with van der Waals surface area (Å²) in [4.78, 5) is 54.3. The molecule has 56 heavy (non-hydrogen) atoms. The van der Waals surface area contributed by atoms with E-state index in [1.165, 1.54) is 18.2 Å². The first-order chi connectivity index (χ1) is 27.4. The number of aromatic amines is 1. The Labute approximate surface area is 330 Å². The highest BCUT2D eigenvalue weighted by Gasteiger charge is 2.21. The Morgan fingerprint density at radius 1 is 0.518 bits per heavy atom. The first kappa shape index (κ1) is 43.2. The number of nitrogens with one attached hydrogen (secondary N) is 1. The van der Waals surface area contributed by atoms with Crippen molar-refractivity contribution in [2.75, 3.05) is 26.4 Å². The average molecular weight is 770 g/mol. The van der Waals surface area contributed by atoms with Crippen molar-refractivity contribution in [1.82, 2.24) is 4.98 Å². The molecule has 11 nitrogen and oxygen atoms in total. The molecule has 0 atom stereocenters. The zero-order valence-electron chi connectivity index (χ0n) is 32.7. The van der Waals surface area contributed by atoms with Gasteiger partial charge in [-0.3, -0.25) is 4.79 Å². The van der Waals surface area contributed by atoms with E-state index in [0.717, 1.165) is 76.2 Å². The van der Waals surface area contributed by atoms with Crippen LogP contribution in [0.3, 0.4) is 0 Å². The number of rotatable bonds is 26. The lowest BCUT2D eigenvalue weighted by Crippen LogP contribution is -2.14. The third kappa shape index (κ3) is 15.6. The van der Waals surface area contributed by atoms with Crippen molar-refractivity contribution in [3.63, 3.8) is 0 Å². The number of ether oxygens (including phenoxy) is 6. The van der Waals surface area contributed by atoms with Crippen LogP contribution in [0.5, 0.6) is 23.0 Å². The predicted molar refractivity (Wildman–Crippen MR) is 213 cm³/mol. The Morgan fingerprint density at radius 3 is 1.57 bits per heavy atom. The SMILES string of the molecule is CCCCOc1ccc(C(=O)Oc2ccc(OC(=O)c3ccc(OCCCC)cc3)c(C(=O)OCCCCCCCCCCOC(=O)Cc3cc[nH]c3)c2)cc1. The highest BCUT2D eigenvalue weighted by Crippen LogP contribution is 2.28. The number of esters is 4. The van der Waals surface area contributed by atoms with Crippen LogP contribution in [0.25, 0.3) is 0 Å². The maximum Gasteiger partial charge on any atom is 0.343 e. The van der Waals surface area contributed by atoms with E-state index in [1.807, 2.05) is 6.07 Å². The summed E-state index contributed by atoms with van der Waals surface area (Å²) in [6.07, 6.45) is 15.3. The average Bonchev–Trinajstić information content (AvgIpc) is 3.72. The third-order valence-electron chi connectivity index (χ3n) is 8.84. The normalized spacial score (nSPS) is 10.8. The summed E-state index contributed by atoms with van der Waals surface area (Å²) in [5.41, 5.74) is 1.45. The minimum Gasteiger partial charge on any atom is -0.494 e. The van der Waals surface area contributed by atoms with Crippen molar-refractivity contribution in [2.45, 2.75) is 97.3 Å². The summed E-state index contributed by atoms with van der Waals surface area (Å²) >= 11 is 0. The number of hydrogen-bond acceptors (Lipinski definition) is 10. The Balaban J connectivity index is 1.25. The molecule has 4 aromatic rings. The highest BCUT2D eigenvalue weighted by atomic mass is 16.6. The molecular weight excluding hydrogens is 714 g/mol. The topological polar surface area (TPSA) is 139 Å². The van der Waals surface area contributed by atoms with Gasteiger partial charge in [-0.05, 0) is 104 Å². The second-order valence-corrected chi connectivity index (χ2v) is 13.5. The molecule has 0 saturated heterocycles. The number of aromatic nitrogens is 1. The van der Waals surface area contributed by atoms with Gasteiger partial charge in [-0.25, -0.2) is 14.4 Å². The largest absolute Gasteiger partial charge is 0.494 e. The number of carbonyl (C=O) groups excluding carboxylic acids is 4. The van der Waals surface area contributed by atoms with E-state index >= 15 is 0 Å². The van der Waals surface area contributed by atoms with Gasteiger partial charge in [0.25, 0.3) is 0 Å². The van der Waals surface area contributed by atoms with Crippen molar-refractivity contribution in [3.05, 3.63) is 107 Å². The van der Waals surface area contributed by atoms with E-state index in [0.29, 0.717) is 43.3 Å². The molecule has 11 heteroatoms. The molecule has 0 aliphatic rings. The fraction of sp³-hybridized carbons (Fsp3) is 0.422. The minimum absolute atomic E-state index is 0.0212. The fourth-order valence-corrected chi connectivity index (χ4v) is 5.57. The number of hydrogen-bond donors (Lipinski definition) is 1. The summed E-state index contributed by atoms with van der Waals surface area (Å²) < 4.78 is 33.5. The Bertz CT molecular complexity index is 1770. The Morgan fingerprint density at radius 2 is 1.04 bits per heavy atom. The van der Waals surface area contributed by atoms with E-state index in [9.17, 15) is 19.2 Å². The van der Waals surface area contributed by atoms with Crippen LogP contribution < -0.4 is 18.9 Å². The van der Waals surface area contributed by atoms with Crippen molar-refractivity contribution in [2.24, 2.45) is 0 Å². The van der Waals surface area contributed by atoms with Crippen molar-refractivity contribution >= 4 is 23.9 Å².